The second-order valence-electron chi connectivity index (χ2n) is 2.08. The van der Waals surface area contributed by atoms with Crippen molar-refractivity contribution < 1.29 is 4.52 Å². The minimum absolute atomic E-state index is 0.302. The molecule has 0 aliphatic carbocycles. The van der Waals surface area contributed by atoms with Crippen LogP contribution in [0.3, 0.4) is 0 Å². The summed E-state index contributed by atoms with van der Waals surface area (Å²) in [5.41, 5.74) is 6.03. The number of hydrogen-bond donors (Lipinski definition) is 1. The molecule has 0 aliphatic heterocycles. The number of halogens is 1. The second-order valence-corrected chi connectivity index (χ2v) is 4.49. The molecule has 6 heteroatoms. The maximum Gasteiger partial charge on any atom is 0.222 e. The van der Waals surface area contributed by atoms with Crippen LogP contribution in [0, 0.1) is 0 Å². The summed E-state index contributed by atoms with van der Waals surface area (Å²) in [6.07, 6.45) is 1.71. The van der Waals surface area contributed by atoms with E-state index in [0.29, 0.717) is 11.6 Å². The molecule has 0 spiro atoms. The van der Waals surface area contributed by atoms with E-state index in [0.717, 1.165) is 8.79 Å². The average Bonchev–Trinajstić information content (AvgIpc) is 2.58. The first-order chi connectivity index (χ1) is 5.75. The number of nitrogen functional groups attached to an aromatic ring is 1. The number of hydrogen-bond acceptors (Lipinski definition) is 5. The zero-order valence-electron chi connectivity index (χ0n) is 5.82. The molecule has 0 amide bonds. The number of aromatic nitrogens is 2. The van der Waals surface area contributed by atoms with Gasteiger partial charge in [-0.15, -0.1) is 11.3 Å². The molecular formula is C6H4BrN3OS. The van der Waals surface area contributed by atoms with Gasteiger partial charge in [-0.2, -0.15) is 0 Å². The van der Waals surface area contributed by atoms with Gasteiger partial charge in [0, 0.05) is 6.07 Å². The third kappa shape index (κ3) is 1.35. The van der Waals surface area contributed by atoms with Crippen molar-refractivity contribution in [1.29, 1.82) is 0 Å². The van der Waals surface area contributed by atoms with E-state index in [-0.39, 0.29) is 0 Å². The summed E-state index contributed by atoms with van der Waals surface area (Å²) < 4.78 is 5.66. The van der Waals surface area contributed by atoms with Gasteiger partial charge in [-0.3, -0.25) is 0 Å². The third-order valence-electron chi connectivity index (χ3n) is 1.22. The van der Waals surface area contributed by atoms with Gasteiger partial charge < -0.3 is 10.3 Å². The van der Waals surface area contributed by atoms with Crippen molar-refractivity contribution in [2.24, 2.45) is 0 Å². The molecule has 0 saturated heterocycles. The number of nitrogens with two attached hydrogens (primary N) is 1. The highest BCUT2D eigenvalue weighted by Crippen LogP contribution is 2.28. The van der Waals surface area contributed by atoms with Crippen molar-refractivity contribution in [1.82, 2.24) is 10.1 Å². The van der Waals surface area contributed by atoms with Crippen LogP contribution in [-0.4, -0.2) is 10.1 Å². The van der Waals surface area contributed by atoms with Gasteiger partial charge in [0.15, 0.2) is 0 Å². The highest BCUT2D eigenvalue weighted by molar-refractivity contribution is 9.11. The molecule has 2 heterocycles. The van der Waals surface area contributed by atoms with Gasteiger partial charge in [0.1, 0.15) is 10.7 Å². The molecule has 0 radical (unpaired) electrons. The molecule has 0 saturated carbocycles. The number of anilines is 1. The largest absolute Gasteiger partial charge is 0.368 e. The summed E-state index contributed by atoms with van der Waals surface area (Å²) in [4.78, 5) is 4.09. The van der Waals surface area contributed by atoms with Crippen molar-refractivity contribution >= 4 is 33.2 Å². The Labute approximate surface area is 80.5 Å². The topological polar surface area (TPSA) is 64.9 Å². The molecule has 0 bridgehead atoms. The first-order valence-electron chi connectivity index (χ1n) is 3.09. The summed E-state index contributed by atoms with van der Waals surface area (Å²) in [5, 5.41) is 4.52. The van der Waals surface area contributed by atoms with Crippen LogP contribution in [0.15, 0.2) is 20.6 Å². The van der Waals surface area contributed by atoms with Crippen LogP contribution >= 0.6 is 27.3 Å². The van der Waals surface area contributed by atoms with Crippen molar-refractivity contribution in [3.63, 3.8) is 0 Å². The predicted molar refractivity (Wildman–Crippen MR) is 49.7 cm³/mol. The van der Waals surface area contributed by atoms with Crippen LogP contribution in [0.25, 0.3) is 10.7 Å². The summed E-state index contributed by atoms with van der Waals surface area (Å²) in [6.45, 7) is 0. The van der Waals surface area contributed by atoms with E-state index in [1.807, 2.05) is 0 Å². The maximum absolute atomic E-state index is 5.36. The highest BCUT2D eigenvalue weighted by Gasteiger charge is 2.07. The SMILES string of the molecule is Nc1cc(-c2ncc(Br)s2)no1. The van der Waals surface area contributed by atoms with Gasteiger partial charge in [-0.1, -0.05) is 5.16 Å². The van der Waals surface area contributed by atoms with Gasteiger partial charge >= 0.3 is 0 Å². The Hall–Kier alpha value is -0.880. The average molecular weight is 246 g/mol. The summed E-state index contributed by atoms with van der Waals surface area (Å²) >= 11 is 4.78. The van der Waals surface area contributed by atoms with E-state index in [1.54, 1.807) is 12.3 Å². The van der Waals surface area contributed by atoms with E-state index in [4.69, 9.17) is 10.3 Å². The Bertz CT molecular complexity index is 359. The standard InChI is InChI=1S/C6H4BrN3OS/c7-4-2-9-6(12-4)3-1-5(8)11-10-3/h1-2H,8H2. The molecule has 2 aromatic heterocycles. The van der Waals surface area contributed by atoms with E-state index in [2.05, 4.69) is 26.1 Å². The van der Waals surface area contributed by atoms with Gasteiger partial charge in [-0.05, 0) is 15.9 Å². The Morgan fingerprint density at radius 3 is 2.92 bits per heavy atom. The van der Waals surface area contributed by atoms with Crippen LogP contribution in [0.2, 0.25) is 0 Å². The van der Waals surface area contributed by atoms with Gasteiger partial charge in [-0.25, -0.2) is 4.98 Å². The van der Waals surface area contributed by atoms with Crippen molar-refractivity contribution in [2.75, 3.05) is 5.73 Å². The Morgan fingerprint density at radius 1 is 1.58 bits per heavy atom. The molecule has 2 N–H and O–H groups in total. The molecule has 0 fully saturated rings. The molecule has 2 rings (SSSR count). The lowest BCUT2D eigenvalue weighted by Crippen LogP contribution is -1.76. The summed E-state index contributed by atoms with van der Waals surface area (Å²) in [6, 6.07) is 1.64. The van der Waals surface area contributed by atoms with Crippen LogP contribution < -0.4 is 5.73 Å². The number of nitrogens with zero attached hydrogens (tertiary/aromatic N) is 2. The molecule has 0 unspecified atom stereocenters. The molecule has 0 aliphatic rings. The van der Waals surface area contributed by atoms with Crippen LogP contribution in [0.4, 0.5) is 5.88 Å². The fourth-order valence-electron chi connectivity index (χ4n) is 0.763. The number of thiazole rings is 1. The zero-order valence-corrected chi connectivity index (χ0v) is 8.22. The Kier molecular flexibility index (Phi) is 1.86. The lowest BCUT2D eigenvalue weighted by atomic mass is 10.4. The Balaban J connectivity index is 2.43. The maximum atomic E-state index is 5.36. The first kappa shape index (κ1) is 7.75. The highest BCUT2D eigenvalue weighted by atomic mass is 79.9. The predicted octanol–water partition coefficient (Wildman–Crippen LogP) is 2.14. The van der Waals surface area contributed by atoms with Crippen LogP contribution in [0.5, 0.6) is 0 Å². The fraction of sp³-hybridized carbons (Fsp3) is 0. The minimum atomic E-state index is 0.302. The van der Waals surface area contributed by atoms with Gasteiger partial charge in [0.05, 0.1) is 9.98 Å². The molecule has 0 aromatic carbocycles. The molecular weight excluding hydrogens is 242 g/mol. The quantitative estimate of drug-likeness (QED) is 0.837. The minimum Gasteiger partial charge on any atom is -0.368 e. The van der Waals surface area contributed by atoms with E-state index >= 15 is 0 Å². The van der Waals surface area contributed by atoms with E-state index in [9.17, 15) is 0 Å². The Morgan fingerprint density at radius 2 is 2.42 bits per heavy atom. The molecule has 12 heavy (non-hydrogen) atoms. The smallest absolute Gasteiger partial charge is 0.222 e. The lowest BCUT2D eigenvalue weighted by Gasteiger charge is -1.80. The van der Waals surface area contributed by atoms with Gasteiger partial charge in [0.25, 0.3) is 0 Å². The molecule has 4 nitrogen and oxygen atoms in total. The van der Waals surface area contributed by atoms with Crippen molar-refractivity contribution in [2.45, 2.75) is 0 Å². The van der Waals surface area contributed by atoms with Crippen LogP contribution in [-0.2, 0) is 0 Å². The molecule has 0 atom stereocenters. The van der Waals surface area contributed by atoms with Crippen molar-refractivity contribution in [3.05, 3.63) is 16.0 Å². The van der Waals surface area contributed by atoms with Gasteiger partial charge in [0.2, 0.25) is 5.88 Å². The second kappa shape index (κ2) is 2.87. The van der Waals surface area contributed by atoms with Crippen LogP contribution in [0.1, 0.15) is 0 Å². The lowest BCUT2D eigenvalue weighted by molar-refractivity contribution is 0.439. The fourth-order valence-corrected chi connectivity index (χ4v) is 1.92. The molecule has 62 valence electrons. The summed E-state index contributed by atoms with van der Waals surface area (Å²) in [7, 11) is 0. The zero-order chi connectivity index (χ0) is 8.55. The number of rotatable bonds is 1. The summed E-state index contributed by atoms with van der Waals surface area (Å²) in [5.74, 6) is 0.302. The normalized spacial score (nSPS) is 10.4. The first-order valence-corrected chi connectivity index (χ1v) is 4.70. The van der Waals surface area contributed by atoms with Crippen molar-refractivity contribution in [3.8, 4) is 10.7 Å². The van der Waals surface area contributed by atoms with E-state index in [1.165, 1.54) is 11.3 Å². The third-order valence-corrected chi connectivity index (χ3v) is 2.72. The molecule has 2 aromatic rings. The van der Waals surface area contributed by atoms with E-state index < -0.39 is 0 Å². The monoisotopic (exact) mass is 245 g/mol.